The molecule has 176 valence electrons. The van der Waals surface area contributed by atoms with Crippen LogP contribution in [0, 0.1) is 18.8 Å². The number of carboxylic acids is 1. The number of rotatable bonds is 6. The molecule has 0 aliphatic carbocycles. The molecule has 3 aromatic rings. The first-order chi connectivity index (χ1) is 16.2. The zero-order valence-electron chi connectivity index (χ0n) is 19.9. The Labute approximate surface area is 198 Å². The highest BCUT2D eigenvalue weighted by molar-refractivity contribution is 6.03. The highest BCUT2D eigenvalue weighted by Crippen LogP contribution is 2.39. The number of dihydropyridines is 1. The number of carboxylic acid groups (broad SMARTS) is 1. The largest absolute Gasteiger partial charge is 0.478 e. The molecule has 34 heavy (non-hydrogen) atoms. The first-order valence-corrected chi connectivity index (χ1v) is 11.3. The number of carbonyl (C=O) groups excluding carboxylic acids is 1. The molecule has 2 aromatic heterocycles. The van der Waals surface area contributed by atoms with E-state index in [4.69, 9.17) is 4.74 Å². The summed E-state index contributed by atoms with van der Waals surface area (Å²) in [6.07, 6.45) is 1.72. The minimum Gasteiger partial charge on any atom is -0.478 e. The molecule has 8 nitrogen and oxygen atoms in total. The number of hydrogen-bond donors (Lipinski definition) is 2. The first kappa shape index (κ1) is 23.2. The van der Waals surface area contributed by atoms with E-state index in [9.17, 15) is 14.7 Å². The van der Waals surface area contributed by atoms with Crippen LogP contribution in [0.5, 0.6) is 0 Å². The van der Waals surface area contributed by atoms with Gasteiger partial charge in [-0.3, -0.25) is 4.57 Å². The lowest BCUT2D eigenvalue weighted by Crippen LogP contribution is -2.35. The van der Waals surface area contributed by atoms with Gasteiger partial charge in [-0.1, -0.05) is 26.0 Å². The van der Waals surface area contributed by atoms with E-state index in [0.29, 0.717) is 22.6 Å². The average molecular weight is 461 g/mol. The molecule has 0 radical (unpaired) electrons. The summed E-state index contributed by atoms with van der Waals surface area (Å²) in [5.74, 6) is -1.46. The molecule has 8 heteroatoms. The second kappa shape index (κ2) is 9.13. The number of ether oxygens (including phenoxy) is 1. The Bertz CT molecular complexity index is 1330. The second-order valence-electron chi connectivity index (χ2n) is 8.59. The van der Waals surface area contributed by atoms with Gasteiger partial charge >= 0.3 is 11.9 Å². The van der Waals surface area contributed by atoms with Crippen LogP contribution in [0.3, 0.4) is 0 Å². The second-order valence-corrected chi connectivity index (χ2v) is 8.59. The monoisotopic (exact) mass is 460 g/mol. The predicted molar refractivity (Wildman–Crippen MR) is 129 cm³/mol. The van der Waals surface area contributed by atoms with Gasteiger partial charge in [0.25, 0.3) is 0 Å². The van der Waals surface area contributed by atoms with Crippen LogP contribution in [-0.4, -0.2) is 38.2 Å². The average Bonchev–Trinajstić information content (AvgIpc) is 3.13. The third-order valence-corrected chi connectivity index (χ3v) is 6.01. The summed E-state index contributed by atoms with van der Waals surface area (Å²) >= 11 is 0. The van der Waals surface area contributed by atoms with Crippen molar-refractivity contribution in [1.29, 1.82) is 0 Å². The van der Waals surface area contributed by atoms with Gasteiger partial charge in [0, 0.05) is 23.5 Å². The maximum atomic E-state index is 13.1. The molecule has 3 heterocycles. The first-order valence-electron chi connectivity index (χ1n) is 11.3. The number of aliphatic carboxylic acids is 1. The van der Waals surface area contributed by atoms with Gasteiger partial charge in [0.2, 0.25) is 0 Å². The van der Waals surface area contributed by atoms with E-state index in [1.165, 1.54) is 0 Å². The molecule has 4 rings (SSSR count). The lowest BCUT2D eigenvalue weighted by atomic mass is 9.77. The van der Waals surface area contributed by atoms with Crippen molar-refractivity contribution >= 4 is 28.8 Å². The Morgan fingerprint density at radius 1 is 1.15 bits per heavy atom. The Morgan fingerprint density at radius 2 is 1.85 bits per heavy atom. The number of aryl methyl sites for hydroxylation is 1. The van der Waals surface area contributed by atoms with Gasteiger partial charge in [0.15, 0.2) is 5.65 Å². The minimum absolute atomic E-state index is 0.121. The molecular formula is C26H28N4O4. The van der Waals surface area contributed by atoms with Crippen molar-refractivity contribution in [1.82, 2.24) is 19.9 Å². The Morgan fingerprint density at radius 3 is 2.47 bits per heavy atom. The fourth-order valence-corrected chi connectivity index (χ4v) is 4.61. The maximum Gasteiger partial charge on any atom is 0.336 e. The van der Waals surface area contributed by atoms with Gasteiger partial charge < -0.3 is 15.2 Å². The summed E-state index contributed by atoms with van der Waals surface area (Å²) in [5.41, 5.74) is 4.85. The van der Waals surface area contributed by atoms with E-state index in [1.54, 1.807) is 20.0 Å². The topological polar surface area (TPSA) is 106 Å². The number of allylic oxidation sites excluding steroid dienone is 1. The summed E-state index contributed by atoms with van der Waals surface area (Å²) < 4.78 is 7.37. The van der Waals surface area contributed by atoms with Crippen molar-refractivity contribution in [2.24, 2.45) is 11.8 Å². The Balaban J connectivity index is 1.84. The van der Waals surface area contributed by atoms with E-state index in [2.05, 4.69) is 15.3 Å². The summed E-state index contributed by atoms with van der Waals surface area (Å²) in [7, 11) is 0. The molecule has 0 saturated heterocycles. The van der Waals surface area contributed by atoms with Gasteiger partial charge in [0.05, 0.1) is 29.0 Å². The molecule has 1 unspecified atom stereocenters. The fraction of sp³-hybridized carbons (Fsp3) is 0.308. The third-order valence-electron chi connectivity index (χ3n) is 6.01. The van der Waals surface area contributed by atoms with Crippen molar-refractivity contribution in [3.05, 3.63) is 70.8 Å². The molecule has 1 aromatic carbocycles. The smallest absolute Gasteiger partial charge is 0.336 e. The Hall–Kier alpha value is -3.94. The number of esters is 1. The molecule has 0 saturated carbocycles. The van der Waals surface area contributed by atoms with Crippen molar-refractivity contribution in [3.63, 3.8) is 0 Å². The van der Waals surface area contributed by atoms with Gasteiger partial charge in [-0.15, -0.1) is 0 Å². The van der Waals surface area contributed by atoms with Crippen LogP contribution in [0.4, 0.5) is 0 Å². The van der Waals surface area contributed by atoms with E-state index < -0.39 is 17.9 Å². The number of aromatic nitrogens is 3. The molecular weight excluding hydrogens is 432 g/mol. The number of benzene rings is 1. The highest BCUT2D eigenvalue weighted by Gasteiger charge is 2.39. The van der Waals surface area contributed by atoms with Gasteiger partial charge in [-0.25, -0.2) is 19.6 Å². The Kier molecular flexibility index (Phi) is 6.24. The molecule has 0 bridgehead atoms. The van der Waals surface area contributed by atoms with E-state index in [0.717, 1.165) is 22.6 Å². The number of hydrogen-bond acceptors (Lipinski definition) is 6. The molecule has 0 spiro atoms. The summed E-state index contributed by atoms with van der Waals surface area (Å²) in [6, 6.07) is 11.6. The third kappa shape index (κ3) is 3.96. The number of pyridine rings is 1. The number of fused-ring (bicyclic) bond motifs is 1. The fourth-order valence-electron chi connectivity index (χ4n) is 4.61. The van der Waals surface area contributed by atoms with Gasteiger partial charge in [-0.2, -0.15) is 0 Å². The van der Waals surface area contributed by atoms with Crippen molar-refractivity contribution in [2.45, 2.75) is 34.6 Å². The van der Waals surface area contributed by atoms with E-state index in [1.807, 2.05) is 61.7 Å². The molecule has 1 aliphatic rings. The molecule has 1 aliphatic heterocycles. The quantitative estimate of drug-likeness (QED) is 0.530. The van der Waals surface area contributed by atoms with Crippen molar-refractivity contribution < 1.29 is 19.4 Å². The normalized spacial score (nSPS) is 16.2. The maximum absolute atomic E-state index is 13.1. The van der Waals surface area contributed by atoms with Crippen molar-refractivity contribution in [2.75, 3.05) is 6.61 Å². The predicted octanol–water partition coefficient (Wildman–Crippen LogP) is 4.24. The summed E-state index contributed by atoms with van der Waals surface area (Å²) in [5, 5.41) is 13.1. The van der Waals surface area contributed by atoms with Crippen LogP contribution in [0.2, 0.25) is 0 Å². The highest BCUT2D eigenvalue weighted by atomic mass is 16.5. The zero-order chi connectivity index (χ0) is 24.6. The minimum atomic E-state index is -1.05. The molecule has 1 atom stereocenters. The van der Waals surface area contributed by atoms with Crippen LogP contribution >= 0.6 is 0 Å². The summed E-state index contributed by atoms with van der Waals surface area (Å²) in [6.45, 7) is 9.41. The molecule has 0 fully saturated rings. The SMILES string of the molecule is CCOC(=O)C1=C(c2ccc(-n3c(C)nc4ncccc43)cc2)NC(C)=C(C(=O)O)C1C(C)C. The zero-order valence-corrected chi connectivity index (χ0v) is 19.9. The van der Waals surface area contributed by atoms with Crippen LogP contribution in [0.25, 0.3) is 22.5 Å². The van der Waals surface area contributed by atoms with Gasteiger partial charge in [0.1, 0.15) is 5.82 Å². The van der Waals surface area contributed by atoms with E-state index in [-0.39, 0.29) is 18.1 Å². The number of carbonyl (C=O) groups is 2. The van der Waals surface area contributed by atoms with Crippen LogP contribution in [-0.2, 0) is 14.3 Å². The van der Waals surface area contributed by atoms with Crippen LogP contribution < -0.4 is 5.32 Å². The molecule has 0 amide bonds. The lowest BCUT2D eigenvalue weighted by Gasteiger charge is -2.32. The van der Waals surface area contributed by atoms with Crippen molar-refractivity contribution in [3.8, 4) is 5.69 Å². The number of imidazole rings is 1. The van der Waals surface area contributed by atoms with Crippen LogP contribution in [0.15, 0.2) is 59.4 Å². The standard InChI is InChI=1S/C26H28N4O4/c1-6-34-26(33)22-20(14(2)3)21(25(31)32)15(4)28-23(22)17-9-11-18(12-10-17)30-16(5)29-24-19(30)8-7-13-27-24/h7-14,20,28H,6H2,1-5H3,(H,31,32). The summed E-state index contributed by atoms with van der Waals surface area (Å²) in [4.78, 5) is 34.0. The number of nitrogens with zero attached hydrogens (tertiary/aromatic N) is 3. The number of nitrogens with one attached hydrogen (secondary N) is 1. The van der Waals surface area contributed by atoms with Crippen LogP contribution in [0.1, 0.15) is 39.1 Å². The van der Waals surface area contributed by atoms with E-state index >= 15 is 0 Å². The lowest BCUT2D eigenvalue weighted by molar-refractivity contribution is -0.139. The molecule has 2 N–H and O–H groups in total. The van der Waals surface area contributed by atoms with Gasteiger partial charge in [-0.05, 0) is 56.5 Å².